The van der Waals surface area contributed by atoms with Gasteiger partial charge in [0.2, 0.25) is 0 Å². The van der Waals surface area contributed by atoms with Gasteiger partial charge in [-0.3, -0.25) is 0 Å². The first kappa shape index (κ1) is 15.0. The predicted octanol–water partition coefficient (Wildman–Crippen LogP) is 0.225. The molecule has 2 N–H and O–H groups in total. The molecule has 0 aliphatic heterocycles. The van der Waals surface area contributed by atoms with Crippen LogP contribution in [0.5, 0.6) is 0 Å². The standard InChI is InChI=1S/C9H23NO4Si/c1-9(11)8-10-6-5-7-15(12-2,13-3)14-4/h9-11H,5-8H2,1-4H3. The van der Waals surface area contributed by atoms with Gasteiger partial charge in [0.1, 0.15) is 0 Å². The van der Waals surface area contributed by atoms with E-state index in [1.807, 2.05) is 0 Å². The van der Waals surface area contributed by atoms with Crippen molar-refractivity contribution < 1.29 is 18.4 Å². The molecule has 0 aromatic heterocycles. The minimum absolute atomic E-state index is 0.306. The van der Waals surface area contributed by atoms with Crippen molar-refractivity contribution in [3.05, 3.63) is 0 Å². The summed E-state index contributed by atoms with van der Waals surface area (Å²) in [6.45, 7) is 3.20. The molecular weight excluding hydrogens is 214 g/mol. The van der Waals surface area contributed by atoms with Gasteiger partial charge in [-0.1, -0.05) is 0 Å². The maximum absolute atomic E-state index is 9.02. The number of aliphatic hydroxyl groups excluding tert-OH is 1. The number of rotatable bonds is 9. The number of hydrogen-bond acceptors (Lipinski definition) is 5. The lowest BCUT2D eigenvalue weighted by Crippen LogP contribution is -2.43. The van der Waals surface area contributed by atoms with E-state index in [2.05, 4.69) is 5.32 Å². The Morgan fingerprint density at radius 1 is 1.20 bits per heavy atom. The summed E-state index contributed by atoms with van der Waals surface area (Å²) in [6.07, 6.45) is 0.605. The summed E-state index contributed by atoms with van der Waals surface area (Å²) in [5.74, 6) is 0. The molecule has 0 heterocycles. The smallest absolute Gasteiger partial charge is 0.392 e. The van der Waals surface area contributed by atoms with Crippen LogP contribution in [0.15, 0.2) is 0 Å². The van der Waals surface area contributed by atoms with Crippen molar-refractivity contribution in [3.8, 4) is 0 Å². The largest absolute Gasteiger partial charge is 0.500 e. The highest BCUT2D eigenvalue weighted by molar-refractivity contribution is 6.60. The summed E-state index contributed by atoms with van der Waals surface area (Å²) < 4.78 is 15.8. The van der Waals surface area contributed by atoms with Gasteiger partial charge in [-0.25, -0.2) is 0 Å². The Kier molecular flexibility index (Phi) is 8.21. The molecule has 1 unspecified atom stereocenters. The van der Waals surface area contributed by atoms with Crippen LogP contribution >= 0.6 is 0 Å². The fourth-order valence-electron chi connectivity index (χ4n) is 1.30. The van der Waals surface area contributed by atoms with Gasteiger partial charge in [-0.2, -0.15) is 0 Å². The molecular formula is C9H23NO4Si. The molecule has 0 rings (SSSR count). The van der Waals surface area contributed by atoms with Gasteiger partial charge in [0.25, 0.3) is 0 Å². The molecule has 0 spiro atoms. The van der Waals surface area contributed by atoms with Gasteiger partial charge >= 0.3 is 8.80 Å². The van der Waals surface area contributed by atoms with E-state index < -0.39 is 8.80 Å². The zero-order valence-electron chi connectivity index (χ0n) is 10.1. The first-order valence-electron chi connectivity index (χ1n) is 5.14. The molecule has 0 saturated carbocycles. The van der Waals surface area contributed by atoms with Crippen molar-refractivity contribution in [2.75, 3.05) is 34.4 Å². The topological polar surface area (TPSA) is 60.0 Å². The van der Waals surface area contributed by atoms with Gasteiger partial charge in [0.05, 0.1) is 6.10 Å². The van der Waals surface area contributed by atoms with Crippen LogP contribution in [-0.4, -0.2) is 54.4 Å². The third-order valence-electron chi connectivity index (χ3n) is 2.21. The van der Waals surface area contributed by atoms with Crippen LogP contribution < -0.4 is 5.32 Å². The van der Waals surface area contributed by atoms with Crippen LogP contribution in [0.1, 0.15) is 13.3 Å². The normalized spacial score (nSPS) is 14.2. The average molecular weight is 237 g/mol. The van der Waals surface area contributed by atoms with Crippen molar-refractivity contribution in [2.24, 2.45) is 0 Å². The molecule has 0 aliphatic rings. The average Bonchev–Trinajstić information content (AvgIpc) is 2.24. The Morgan fingerprint density at radius 2 is 1.73 bits per heavy atom. The number of aliphatic hydroxyl groups is 1. The molecule has 0 aromatic carbocycles. The van der Waals surface area contributed by atoms with Crippen LogP contribution in [-0.2, 0) is 13.3 Å². The highest BCUT2D eigenvalue weighted by atomic mass is 28.4. The Morgan fingerprint density at radius 3 is 2.13 bits per heavy atom. The summed E-state index contributed by atoms with van der Waals surface area (Å²) in [7, 11) is 2.44. The molecule has 0 fully saturated rings. The highest BCUT2D eigenvalue weighted by Gasteiger charge is 2.36. The zero-order chi connectivity index (χ0) is 11.7. The van der Waals surface area contributed by atoms with Gasteiger partial charge in [0, 0.05) is 33.9 Å². The molecule has 6 heteroatoms. The quantitative estimate of drug-likeness (QED) is 0.444. The lowest BCUT2D eigenvalue weighted by atomic mass is 10.4. The third-order valence-corrected chi connectivity index (χ3v) is 5.04. The lowest BCUT2D eigenvalue weighted by Gasteiger charge is -2.24. The van der Waals surface area contributed by atoms with Gasteiger partial charge in [0.15, 0.2) is 0 Å². The van der Waals surface area contributed by atoms with E-state index in [0.717, 1.165) is 19.0 Å². The lowest BCUT2D eigenvalue weighted by molar-refractivity contribution is 0.123. The van der Waals surface area contributed by atoms with E-state index in [4.69, 9.17) is 18.4 Å². The fraction of sp³-hybridized carbons (Fsp3) is 1.00. The summed E-state index contributed by atoms with van der Waals surface area (Å²) >= 11 is 0. The van der Waals surface area contributed by atoms with Crippen LogP contribution in [0.4, 0.5) is 0 Å². The minimum atomic E-state index is -2.40. The molecule has 15 heavy (non-hydrogen) atoms. The Labute approximate surface area is 93.1 Å². The second kappa shape index (κ2) is 8.20. The molecule has 0 aromatic rings. The maximum Gasteiger partial charge on any atom is 0.500 e. The molecule has 5 nitrogen and oxygen atoms in total. The third kappa shape index (κ3) is 6.24. The van der Waals surface area contributed by atoms with Gasteiger partial charge in [-0.15, -0.1) is 0 Å². The fourth-order valence-corrected chi connectivity index (χ4v) is 3.02. The van der Waals surface area contributed by atoms with Crippen LogP contribution in [0, 0.1) is 0 Å². The van der Waals surface area contributed by atoms with E-state index >= 15 is 0 Å². The molecule has 92 valence electrons. The molecule has 0 saturated heterocycles. The van der Waals surface area contributed by atoms with Crippen molar-refractivity contribution in [2.45, 2.75) is 25.5 Å². The molecule has 0 bridgehead atoms. The maximum atomic E-state index is 9.02. The summed E-state index contributed by atoms with van der Waals surface area (Å²) in [5.41, 5.74) is 0. The van der Waals surface area contributed by atoms with E-state index in [-0.39, 0.29) is 6.10 Å². The van der Waals surface area contributed by atoms with Gasteiger partial charge < -0.3 is 23.7 Å². The molecule has 1 atom stereocenters. The monoisotopic (exact) mass is 237 g/mol. The Bertz CT molecular complexity index is 145. The van der Waals surface area contributed by atoms with Crippen molar-refractivity contribution >= 4 is 8.80 Å². The van der Waals surface area contributed by atoms with E-state index in [1.54, 1.807) is 28.3 Å². The number of nitrogens with one attached hydrogen (secondary N) is 1. The zero-order valence-corrected chi connectivity index (χ0v) is 11.1. The van der Waals surface area contributed by atoms with Crippen molar-refractivity contribution in [1.82, 2.24) is 5.32 Å². The molecule has 0 radical (unpaired) electrons. The molecule has 0 aliphatic carbocycles. The van der Waals surface area contributed by atoms with Crippen molar-refractivity contribution in [3.63, 3.8) is 0 Å². The van der Waals surface area contributed by atoms with E-state index in [0.29, 0.717) is 6.54 Å². The van der Waals surface area contributed by atoms with Crippen LogP contribution in [0.25, 0.3) is 0 Å². The Balaban J connectivity index is 3.63. The summed E-state index contributed by atoms with van der Waals surface area (Å²) in [4.78, 5) is 0. The minimum Gasteiger partial charge on any atom is -0.392 e. The second-order valence-corrected chi connectivity index (χ2v) is 6.54. The summed E-state index contributed by atoms with van der Waals surface area (Å²) in [6, 6.07) is 0.781. The first-order valence-corrected chi connectivity index (χ1v) is 7.07. The first-order chi connectivity index (χ1) is 7.10. The van der Waals surface area contributed by atoms with E-state index in [1.165, 1.54) is 0 Å². The van der Waals surface area contributed by atoms with Crippen molar-refractivity contribution in [1.29, 1.82) is 0 Å². The van der Waals surface area contributed by atoms with E-state index in [9.17, 15) is 0 Å². The Hall–Kier alpha value is 0.0169. The SMILES string of the molecule is CO[Si](CCCNCC(C)O)(OC)OC. The predicted molar refractivity (Wildman–Crippen MR) is 60.8 cm³/mol. The second-order valence-electron chi connectivity index (χ2n) is 3.45. The highest BCUT2D eigenvalue weighted by Crippen LogP contribution is 2.14. The van der Waals surface area contributed by atoms with Gasteiger partial charge in [-0.05, 0) is 19.9 Å². The summed E-state index contributed by atoms with van der Waals surface area (Å²) in [5, 5.41) is 12.2. The van der Waals surface area contributed by atoms with Crippen LogP contribution in [0.3, 0.4) is 0 Å². The number of hydrogen-bond donors (Lipinski definition) is 2. The van der Waals surface area contributed by atoms with Crippen LogP contribution in [0.2, 0.25) is 6.04 Å². The molecule has 0 amide bonds.